The highest BCUT2D eigenvalue weighted by atomic mass is 16.4. The Morgan fingerprint density at radius 1 is 1.05 bits per heavy atom. The van der Waals surface area contributed by atoms with Gasteiger partial charge in [-0.25, -0.2) is 0 Å². The summed E-state index contributed by atoms with van der Waals surface area (Å²) in [4.78, 5) is 23.6. The van der Waals surface area contributed by atoms with E-state index in [1.165, 1.54) is 24.3 Å². The highest BCUT2D eigenvalue weighted by Gasteiger charge is 2.16. The van der Waals surface area contributed by atoms with Crippen LogP contribution in [0, 0.1) is 0 Å². The van der Waals surface area contributed by atoms with E-state index in [0.29, 0.717) is 5.56 Å². The molecule has 0 radical (unpaired) electrons. The Kier molecular flexibility index (Phi) is 2.74. The van der Waals surface area contributed by atoms with Crippen LogP contribution in [0.15, 0.2) is 54.6 Å². The molecule has 0 bridgehead atoms. The molecule has 1 atom stereocenters. The first-order valence-corrected chi connectivity index (χ1v) is 5.73. The Hall–Kier alpha value is -2.42. The van der Waals surface area contributed by atoms with Gasteiger partial charge < -0.3 is 5.11 Å². The van der Waals surface area contributed by atoms with Crippen LogP contribution in [-0.2, 0) is 4.79 Å². The van der Waals surface area contributed by atoms with Crippen molar-refractivity contribution in [2.75, 3.05) is 0 Å². The van der Waals surface area contributed by atoms with Crippen LogP contribution in [-0.4, -0.2) is 16.9 Å². The van der Waals surface area contributed by atoms with Gasteiger partial charge in [0.1, 0.15) is 0 Å². The van der Waals surface area contributed by atoms with Gasteiger partial charge in [-0.1, -0.05) is 48.5 Å². The van der Waals surface area contributed by atoms with Crippen LogP contribution in [0.5, 0.6) is 0 Å². The fourth-order valence-corrected chi connectivity index (χ4v) is 1.76. The second-order valence-electron chi connectivity index (χ2n) is 4.09. The van der Waals surface area contributed by atoms with Crippen molar-refractivity contribution in [3.63, 3.8) is 0 Å². The summed E-state index contributed by atoms with van der Waals surface area (Å²) in [6, 6.07) is 14.3. The molecule has 0 saturated heterocycles. The zero-order chi connectivity index (χ0) is 16.3. The van der Waals surface area contributed by atoms with E-state index in [9.17, 15) is 9.59 Å². The fraction of sp³-hybridized carbons (Fsp3) is 0.125. The molecule has 0 aliphatic rings. The van der Waals surface area contributed by atoms with Gasteiger partial charge >= 0.3 is 5.97 Å². The quantitative estimate of drug-likeness (QED) is 0.856. The lowest BCUT2D eigenvalue weighted by atomic mass is 9.96. The molecule has 0 aromatic heterocycles. The number of ketones is 1. The smallest absolute Gasteiger partial charge is 0.310 e. The molecule has 0 fully saturated rings. The summed E-state index contributed by atoms with van der Waals surface area (Å²) in [6.45, 7) is -2.68. The summed E-state index contributed by atoms with van der Waals surface area (Å²) >= 11 is 0. The van der Waals surface area contributed by atoms with E-state index in [4.69, 9.17) is 9.22 Å². The average Bonchev–Trinajstić information content (AvgIpc) is 2.46. The van der Waals surface area contributed by atoms with Gasteiger partial charge in [-0.15, -0.1) is 0 Å². The molecule has 0 heterocycles. The van der Waals surface area contributed by atoms with Gasteiger partial charge in [-0.2, -0.15) is 0 Å². The van der Waals surface area contributed by atoms with Gasteiger partial charge in [0.05, 0.1) is 5.92 Å². The topological polar surface area (TPSA) is 54.4 Å². The van der Waals surface area contributed by atoms with Crippen LogP contribution in [0.3, 0.4) is 0 Å². The first kappa shape index (κ1) is 9.50. The predicted molar refractivity (Wildman–Crippen MR) is 72.4 cm³/mol. The van der Waals surface area contributed by atoms with Gasteiger partial charge in [-0.05, 0) is 18.5 Å². The molecule has 0 saturated carbocycles. The number of hydrogen-bond donors (Lipinski definition) is 1. The monoisotopic (exact) mass is 257 g/mol. The molecule has 19 heavy (non-hydrogen) atoms. The lowest BCUT2D eigenvalue weighted by molar-refractivity contribution is -0.138. The number of carbonyl (C=O) groups excluding carboxylic acids is 1. The molecule has 1 unspecified atom stereocenters. The first-order valence-electron chi connectivity index (χ1n) is 7.23. The molecule has 2 aromatic rings. The van der Waals surface area contributed by atoms with E-state index >= 15 is 0 Å². The van der Waals surface area contributed by atoms with Crippen molar-refractivity contribution in [1.29, 1.82) is 0 Å². The van der Waals surface area contributed by atoms with Crippen molar-refractivity contribution < 1.29 is 18.8 Å². The summed E-state index contributed by atoms with van der Waals surface area (Å²) < 4.78 is 22.1. The van der Waals surface area contributed by atoms with Crippen LogP contribution >= 0.6 is 0 Å². The number of carboxylic acids is 1. The highest BCUT2D eigenvalue weighted by molar-refractivity contribution is 6.09. The number of rotatable bonds is 4. The predicted octanol–water partition coefficient (Wildman–Crippen LogP) is 3.11. The summed E-state index contributed by atoms with van der Waals surface area (Å²) in [5, 5.41) is 9.16. The molecule has 3 nitrogen and oxygen atoms in total. The number of carbonyl (C=O) groups is 2. The van der Waals surface area contributed by atoms with Crippen molar-refractivity contribution in [2.45, 2.75) is 12.8 Å². The van der Waals surface area contributed by atoms with Crippen molar-refractivity contribution in [3.05, 3.63) is 71.3 Å². The largest absolute Gasteiger partial charge is 0.481 e. The third-order valence-corrected chi connectivity index (χ3v) is 2.77. The van der Waals surface area contributed by atoms with Crippen molar-refractivity contribution >= 4 is 11.8 Å². The summed E-state index contributed by atoms with van der Waals surface area (Å²) in [5.74, 6) is -3.38. The molecular weight excluding hydrogens is 240 g/mol. The van der Waals surface area contributed by atoms with Crippen LogP contribution < -0.4 is 0 Å². The molecular formula is C16H14O3. The maximum atomic E-state index is 12.4. The summed E-state index contributed by atoms with van der Waals surface area (Å²) in [5.41, 5.74) is 0.814. The van der Waals surface area contributed by atoms with E-state index in [-0.39, 0.29) is 16.9 Å². The van der Waals surface area contributed by atoms with Gasteiger partial charge in [0.25, 0.3) is 0 Å². The zero-order valence-corrected chi connectivity index (χ0v) is 10.0. The Morgan fingerprint density at radius 2 is 1.74 bits per heavy atom. The fourth-order valence-electron chi connectivity index (χ4n) is 1.76. The van der Waals surface area contributed by atoms with Gasteiger partial charge in [0.2, 0.25) is 0 Å². The first-order chi connectivity index (χ1) is 10.3. The van der Waals surface area contributed by atoms with E-state index in [1.54, 1.807) is 30.3 Å². The molecule has 2 rings (SSSR count). The molecule has 0 amide bonds. The lowest BCUT2D eigenvalue weighted by Gasteiger charge is -2.08. The van der Waals surface area contributed by atoms with E-state index in [2.05, 4.69) is 0 Å². The standard InChI is InChI=1S/C16H14O3/c1-11(16(18)19)13-8-5-9-14(10-13)15(17)12-6-3-2-4-7-12/h2-11H,1H3,(H,18,19)/i1D3. The maximum absolute atomic E-state index is 12.4. The van der Waals surface area contributed by atoms with E-state index in [0.717, 1.165) is 0 Å². The zero-order valence-electron chi connectivity index (χ0n) is 13.0. The highest BCUT2D eigenvalue weighted by Crippen LogP contribution is 2.18. The minimum Gasteiger partial charge on any atom is -0.481 e. The van der Waals surface area contributed by atoms with Crippen molar-refractivity contribution in [1.82, 2.24) is 0 Å². The molecule has 96 valence electrons. The van der Waals surface area contributed by atoms with Crippen LogP contribution in [0.25, 0.3) is 0 Å². The van der Waals surface area contributed by atoms with Crippen molar-refractivity contribution in [3.8, 4) is 0 Å². The van der Waals surface area contributed by atoms with Crippen LogP contribution in [0.2, 0.25) is 0 Å². The number of benzene rings is 2. The van der Waals surface area contributed by atoms with Gasteiger partial charge in [-0.3, -0.25) is 9.59 Å². The third-order valence-electron chi connectivity index (χ3n) is 2.77. The average molecular weight is 257 g/mol. The van der Waals surface area contributed by atoms with Crippen LogP contribution in [0.4, 0.5) is 0 Å². The minimum atomic E-state index is -2.68. The number of aliphatic carboxylic acids is 1. The third kappa shape index (κ3) is 2.88. The second-order valence-corrected chi connectivity index (χ2v) is 4.09. The lowest BCUT2D eigenvalue weighted by Crippen LogP contribution is -2.09. The molecule has 0 spiro atoms. The van der Waals surface area contributed by atoms with E-state index < -0.39 is 18.7 Å². The summed E-state index contributed by atoms with van der Waals surface area (Å²) in [6.07, 6.45) is 0. The second kappa shape index (κ2) is 5.48. The summed E-state index contributed by atoms with van der Waals surface area (Å²) in [7, 11) is 0. The molecule has 0 aliphatic heterocycles. The van der Waals surface area contributed by atoms with E-state index in [1.807, 2.05) is 0 Å². The molecule has 2 aromatic carbocycles. The van der Waals surface area contributed by atoms with Crippen LogP contribution in [0.1, 0.15) is 38.4 Å². The number of hydrogen-bond acceptors (Lipinski definition) is 2. The Balaban J connectivity index is 2.42. The van der Waals surface area contributed by atoms with Gasteiger partial charge in [0.15, 0.2) is 5.78 Å². The normalized spacial score (nSPS) is 14.8. The maximum Gasteiger partial charge on any atom is 0.310 e. The van der Waals surface area contributed by atoms with Gasteiger partial charge in [0, 0.05) is 15.2 Å². The Morgan fingerprint density at radius 3 is 2.37 bits per heavy atom. The Bertz CT molecular complexity index is 693. The molecule has 3 heteroatoms. The number of carboxylic acid groups (broad SMARTS) is 1. The minimum absolute atomic E-state index is 0.0919. The molecule has 1 N–H and O–H groups in total. The molecule has 0 aliphatic carbocycles. The SMILES string of the molecule is [2H]C([2H])([2H])C(C(=O)O)c1cccc(C(=O)c2ccccc2)c1. The van der Waals surface area contributed by atoms with Crippen molar-refractivity contribution in [2.24, 2.45) is 0 Å². The Labute approximate surface area is 115 Å².